The number of hydrogen-bond donors (Lipinski definition) is 2. The number of hydrazine groups is 1. The van der Waals surface area contributed by atoms with E-state index >= 15 is 0 Å². The molecule has 102 valence electrons. The van der Waals surface area contributed by atoms with E-state index in [0.717, 1.165) is 30.2 Å². The van der Waals surface area contributed by atoms with E-state index in [2.05, 4.69) is 20.5 Å². The van der Waals surface area contributed by atoms with Gasteiger partial charge in [-0.2, -0.15) is 5.10 Å². The van der Waals surface area contributed by atoms with E-state index in [0.29, 0.717) is 5.82 Å². The number of aryl methyl sites for hydroxylation is 2. The van der Waals surface area contributed by atoms with Crippen LogP contribution in [0.4, 0.5) is 11.6 Å². The summed E-state index contributed by atoms with van der Waals surface area (Å²) in [6.45, 7) is 2.75. The Kier molecular flexibility index (Phi) is 3.96. The predicted octanol–water partition coefficient (Wildman–Crippen LogP) is 0.694. The number of nitrogens with zero attached hydrogens (tertiary/aromatic N) is 5. The Morgan fingerprint density at radius 2 is 2.21 bits per heavy atom. The van der Waals surface area contributed by atoms with Crippen molar-refractivity contribution in [3.63, 3.8) is 0 Å². The topological polar surface area (TPSA) is 84.9 Å². The van der Waals surface area contributed by atoms with Crippen LogP contribution < -0.4 is 16.2 Å². The van der Waals surface area contributed by atoms with E-state index in [1.165, 1.54) is 0 Å². The summed E-state index contributed by atoms with van der Waals surface area (Å²) >= 11 is 0. The third-order valence-corrected chi connectivity index (χ3v) is 2.79. The second-order valence-electron chi connectivity index (χ2n) is 4.40. The average molecular weight is 261 g/mol. The van der Waals surface area contributed by atoms with Crippen LogP contribution in [0.15, 0.2) is 18.5 Å². The summed E-state index contributed by atoms with van der Waals surface area (Å²) in [5, 5.41) is 4.16. The van der Waals surface area contributed by atoms with Crippen LogP contribution in [-0.2, 0) is 20.0 Å². The highest BCUT2D eigenvalue weighted by Gasteiger charge is 2.08. The van der Waals surface area contributed by atoms with Crippen LogP contribution in [0, 0.1) is 0 Å². The fourth-order valence-electron chi connectivity index (χ4n) is 1.82. The van der Waals surface area contributed by atoms with Gasteiger partial charge in [-0.1, -0.05) is 6.92 Å². The molecule has 7 nitrogen and oxygen atoms in total. The van der Waals surface area contributed by atoms with Crippen LogP contribution in [0.1, 0.15) is 18.3 Å². The number of aromatic nitrogens is 4. The van der Waals surface area contributed by atoms with Crippen LogP contribution in [0.3, 0.4) is 0 Å². The molecule has 0 unspecified atom stereocenters. The summed E-state index contributed by atoms with van der Waals surface area (Å²) in [5.41, 5.74) is 3.70. The minimum absolute atomic E-state index is 0.625. The summed E-state index contributed by atoms with van der Waals surface area (Å²) in [6, 6.07) is 1.83. The molecule has 19 heavy (non-hydrogen) atoms. The molecule has 0 radical (unpaired) electrons. The first-order valence-electron chi connectivity index (χ1n) is 6.15. The molecule has 0 aliphatic heterocycles. The fourth-order valence-corrected chi connectivity index (χ4v) is 1.82. The van der Waals surface area contributed by atoms with Gasteiger partial charge in [-0.15, -0.1) is 0 Å². The molecule has 0 spiro atoms. The molecule has 0 fully saturated rings. The van der Waals surface area contributed by atoms with Crippen LogP contribution in [0.25, 0.3) is 0 Å². The molecule has 2 aromatic heterocycles. The average Bonchev–Trinajstić information content (AvgIpc) is 2.83. The highest BCUT2D eigenvalue weighted by molar-refractivity contribution is 5.48. The summed E-state index contributed by atoms with van der Waals surface area (Å²) in [7, 11) is 3.88. The van der Waals surface area contributed by atoms with Gasteiger partial charge in [0.25, 0.3) is 0 Å². The van der Waals surface area contributed by atoms with Crippen molar-refractivity contribution in [1.29, 1.82) is 0 Å². The molecule has 7 heteroatoms. The van der Waals surface area contributed by atoms with Crippen LogP contribution >= 0.6 is 0 Å². The number of nitrogens with two attached hydrogens (primary N) is 1. The van der Waals surface area contributed by atoms with E-state index in [4.69, 9.17) is 5.84 Å². The molecule has 0 amide bonds. The summed E-state index contributed by atoms with van der Waals surface area (Å²) in [5.74, 6) is 7.65. The van der Waals surface area contributed by atoms with E-state index in [9.17, 15) is 0 Å². The Morgan fingerprint density at radius 1 is 1.42 bits per heavy atom. The number of nitrogen functional groups attached to an aromatic ring is 1. The van der Waals surface area contributed by atoms with E-state index < -0.39 is 0 Å². The molecular formula is C12H19N7. The van der Waals surface area contributed by atoms with Crippen molar-refractivity contribution >= 4 is 11.6 Å². The minimum atomic E-state index is 0.625. The first-order valence-corrected chi connectivity index (χ1v) is 6.15. The maximum Gasteiger partial charge on any atom is 0.145 e. The van der Waals surface area contributed by atoms with Crippen molar-refractivity contribution in [2.75, 3.05) is 17.4 Å². The molecular weight excluding hydrogens is 242 g/mol. The predicted molar refractivity (Wildman–Crippen MR) is 74.5 cm³/mol. The molecule has 3 N–H and O–H groups in total. The van der Waals surface area contributed by atoms with E-state index in [-0.39, 0.29) is 0 Å². The SMILES string of the molecule is CCc1nc(NN)cc(N(C)Cc2cnn(C)c2)n1. The molecule has 0 bridgehead atoms. The molecule has 0 saturated heterocycles. The van der Waals surface area contributed by atoms with Crippen molar-refractivity contribution in [3.8, 4) is 0 Å². The van der Waals surface area contributed by atoms with Gasteiger partial charge in [-0.05, 0) is 0 Å². The lowest BCUT2D eigenvalue weighted by molar-refractivity contribution is 0.766. The van der Waals surface area contributed by atoms with Gasteiger partial charge in [-0.25, -0.2) is 15.8 Å². The molecule has 2 heterocycles. The molecule has 2 rings (SSSR count). The third-order valence-electron chi connectivity index (χ3n) is 2.79. The molecule has 0 saturated carbocycles. The van der Waals surface area contributed by atoms with Crippen molar-refractivity contribution in [3.05, 3.63) is 29.8 Å². The molecule has 2 aromatic rings. The standard InChI is InChI=1S/C12H19N7/c1-4-10-15-11(17-13)5-12(16-10)18(2)7-9-6-14-19(3)8-9/h5-6,8H,4,7,13H2,1-3H3,(H,15,16,17). The quantitative estimate of drug-likeness (QED) is 0.608. The lowest BCUT2D eigenvalue weighted by Crippen LogP contribution is -2.19. The largest absolute Gasteiger partial charge is 0.355 e. The monoisotopic (exact) mass is 261 g/mol. The smallest absolute Gasteiger partial charge is 0.145 e. The highest BCUT2D eigenvalue weighted by Crippen LogP contribution is 2.16. The zero-order valence-corrected chi connectivity index (χ0v) is 11.5. The van der Waals surface area contributed by atoms with Gasteiger partial charge in [-0.3, -0.25) is 4.68 Å². The first kappa shape index (κ1) is 13.3. The third kappa shape index (κ3) is 3.19. The van der Waals surface area contributed by atoms with E-state index in [1.807, 2.05) is 44.4 Å². The molecule has 0 atom stereocenters. The molecule has 0 aliphatic rings. The first-order chi connectivity index (χ1) is 9.12. The maximum atomic E-state index is 5.43. The Labute approximate surface area is 112 Å². The lowest BCUT2D eigenvalue weighted by Gasteiger charge is -2.18. The number of nitrogens with one attached hydrogen (secondary N) is 1. The van der Waals surface area contributed by atoms with Gasteiger partial charge in [0, 0.05) is 44.9 Å². The zero-order valence-electron chi connectivity index (χ0n) is 11.5. The van der Waals surface area contributed by atoms with Gasteiger partial charge in [0.2, 0.25) is 0 Å². The van der Waals surface area contributed by atoms with Gasteiger partial charge in [0.1, 0.15) is 17.5 Å². The minimum Gasteiger partial charge on any atom is -0.355 e. The van der Waals surface area contributed by atoms with Crippen LogP contribution in [-0.4, -0.2) is 26.8 Å². The normalized spacial score (nSPS) is 10.5. The Morgan fingerprint density at radius 3 is 2.79 bits per heavy atom. The molecule has 0 aliphatic carbocycles. The Bertz CT molecular complexity index is 527. The molecule has 0 aromatic carbocycles. The fraction of sp³-hybridized carbons (Fsp3) is 0.417. The summed E-state index contributed by atoms with van der Waals surface area (Å²) in [4.78, 5) is 10.8. The van der Waals surface area contributed by atoms with Crippen molar-refractivity contribution < 1.29 is 0 Å². The second kappa shape index (κ2) is 5.66. The number of hydrogen-bond acceptors (Lipinski definition) is 6. The Balaban J connectivity index is 2.20. The lowest BCUT2D eigenvalue weighted by atomic mass is 10.3. The maximum absolute atomic E-state index is 5.43. The number of anilines is 2. The van der Waals surface area contributed by atoms with Gasteiger partial charge in [0.15, 0.2) is 0 Å². The van der Waals surface area contributed by atoms with E-state index in [1.54, 1.807) is 4.68 Å². The Hall–Kier alpha value is -2.15. The van der Waals surface area contributed by atoms with Gasteiger partial charge in [0.05, 0.1) is 6.20 Å². The number of rotatable bonds is 5. The van der Waals surface area contributed by atoms with Crippen molar-refractivity contribution in [2.45, 2.75) is 19.9 Å². The zero-order chi connectivity index (χ0) is 13.8. The summed E-state index contributed by atoms with van der Waals surface area (Å²) in [6.07, 6.45) is 4.60. The van der Waals surface area contributed by atoms with Gasteiger partial charge >= 0.3 is 0 Å². The van der Waals surface area contributed by atoms with Crippen LogP contribution in [0.2, 0.25) is 0 Å². The van der Waals surface area contributed by atoms with Crippen LogP contribution in [0.5, 0.6) is 0 Å². The van der Waals surface area contributed by atoms with Crippen molar-refractivity contribution in [2.24, 2.45) is 12.9 Å². The second-order valence-corrected chi connectivity index (χ2v) is 4.40. The van der Waals surface area contributed by atoms with Gasteiger partial charge < -0.3 is 10.3 Å². The summed E-state index contributed by atoms with van der Waals surface area (Å²) < 4.78 is 1.79. The highest BCUT2D eigenvalue weighted by atomic mass is 15.3. The van der Waals surface area contributed by atoms with Crippen molar-refractivity contribution in [1.82, 2.24) is 19.7 Å².